The van der Waals surface area contributed by atoms with Crippen molar-refractivity contribution >= 4 is 119 Å². The summed E-state index contributed by atoms with van der Waals surface area (Å²) in [7, 11) is -6.20. The third-order valence-electron chi connectivity index (χ3n) is 17.2. The quantitative estimate of drug-likeness (QED) is 0.154. The van der Waals surface area contributed by atoms with Crippen LogP contribution in [0.1, 0.15) is 33.4 Å². The van der Waals surface area contributed by atoms with Crippen LogP contribution in [0.2, 0.25) is 52.4 Å². The van der Waals surface area contributed by atoms with Gasteiger partial charge in [-0.3, -0.25) is 0 Å². The van der Waals surface area contributed by atoms with Crippen molar-refractivity contribution in [1.29, 1.82) is 0 Å². The Labute approximate surface area is 430 Å². The first-order chi connectivity index (χ1) is 34.6. The molecule has 0 fully saturated rings. The van der Waals surface area contributed by atoms with Crippen LogP contribution in [0.5, 0.6) is 0 Å². The summed E-state index contributed by atoms with van der Waals surface area (Å²) in [5.74, 6) is 0. The number of hydrogen-bond donors (Lipinski definition) is 0. The van der Waals surface area contributed by atoms with E-state index in [1.54, 1.807) is 10.4 Å². The third kappa shape index (κ3) is 6.39. The number of fused-ring (bicyclic) bond motifs is 12. The monoisotopic (exact) mass is 981 g/mol. The summed E-state index contributed by atoms with van der Waals surface area (Å²) in [5.41, 5.74) is 22.6. The summed E-state index contributed by atoms with van der Waals surface area (Å²) in [5, 5.41) is 6.09. The predicted molar refractivity (Wildman–Crippen MR) is 322 cm³/mol. The Bertz CT molecular complexity index is 3580. The number of rotatable bonds is 6. The van der Waals surface area contributed by atoms with Crippen LogP contribution in [0.15, 0.2) is 194 Å². The van der Waals surface area contributed by atoms with Gasteiger partial charge in [0, 0.05) is 0 Å². The van der Waals surface area contributed by atoms with Crippen molar-refractivity contribution in [2.75, 3.05) is 14.7 Å². The number of nitrogens with zero attached hydrogens (tertiary/aromatic N) is 3. The molecule has 3 nitrogen and oxygen atoms in total. The van der Waals surface area contributed by atoms with Crippen LogP contribution in [-0.2, 0) is 5.41 Å². The Kier molecular flexibility index (Phi) is 9.87. The molecule has 0 bridgehead atoms. The zero-order valence-corrected chi connectivity index (χ0v) is 46.9. The van der Waals surface area contributed by atoms with E-state index in [4.69, 9.17) is 0 Å². The average molecular weight is 982 g/mol. The van der Waals surface area contributed by atoms with Gasteiger partial charge in [-0.1, -0.05) is 11.1 Å². The minimum atomic E-state index is -2.51. The fourth-order valence-electron chi connectivity index (χ4n) is 13.5. The van der Waals surface area contributed by atoms with Gasteiger partial charge in [0.05, 0.1) is 0 Å². The molecular weight excluding hydrogens is 918 g/mol. The molecule has 0 atom stereocenters. The van der Waals surface area contributed by atoms with Gasteiger partial charge in [0.1, 0.15) is 0 Å². The molecule has 0 aliphatic carbocycles. The molecule has 356 valence electrons. The molecule has 1 spiro atoms. The molecule has 72 heavy (non-hydrogen) atoms. The molecule has 7 heteroatoms. The molecule has 13 rings (SSSR count). The summed E-state index contributed by atoms with van der Waals surface area (Å²) in [4.78, 5) is 7.82. The van der Waals surface area contributed by atoms with Gasteiger partial charge >= 0.3 is 408 Å². The maximum atomic E-state index is 2.71. The van der Waals surface area contributed by atoms with Gasteiger partial charge in [-0.2, -0.15) is 0 Å². The van der Waals surface area contributed by atoms with Gasteiger partial charge in [-0.25, -0.2) is 0 Å². The van der Waals surface area contributed by atoms with E-state index in [1.165, 1.54) is 94.3 Å². The van der Waals surface area contributed by atoms with Crippen LogP contribution in [0.3, 0.4) is 0 Å². The van der Waals surface area contributed by atoms with Crippen LogP contribution in [0.25, 0.3) is 0 Å². The van der Waals surface area contributed by atoms with Crippen LogP contribution in [0, 0.1) is 13.8 Å². The van der Waals surface area contributed by atoms with E-state index in [0.717, 1.165) is 17.1 Å². The zero-order chi connectivity index (χ0) is 49.6. The van der Waals surface area contributed by atoms with Crippen molar-refractivity contribution in [3.05, 3.63) is 228 Å². The predicted octanol–water partition coefficient (Wildman–Crippen LogP) is 12.2. The molecule has 4 aliphatic heterocycles. The molecule has 9 aromatic carbocycles. The van der Waals surface area contributed by atoms with Gasteiger partial charge in [0.15, 0.2) is 0 Å². The molecule has 9 aromatic rings. The number of benzene rings is 9. The minimum absolute atomic E-state index is 0.0138. The first kappa shape index (κ1) is 45.0. The Morgan fingerprint density at radius 1 is 0.486 bits per heavy atom. The Hall–Kier alpha value is -6.90. The number of hydrogen-bond acceptors (Lipinski definition) is 3. The Morgan fingerprint density at radius 3 is 1.61 bits per heavy atom. The summed E-state index contributed by atoms with van der Waals surface area (Å²) in [6.07, 6.45) is 0. The zero-order valence-electron chi connectivity index (χ0n) is 43.5. The standard InChI is InChI=1S/C65H64BN3Si3/c1-43-26-30-45(31-27-43)67(46-32-28-44(2)29-33-46)48-40-59-63-60(41-48)69-57-23-14-11-18-51(57)65(52-19-12-15-24-61(52)72(9,10)62-25-16-13-20-53(62)65)54-21-17-22-55(64(54)69)66(63)56-42-50(71(6,7)8)38-39-58(56)68(59)47-34-36-49(37-35-47)70(3,4)5/h11-42,71-72H,1-10H3/q-2. The Balaban J connectivity index is 1.19. The van der Waals surface area contributed by atoms with Gasteiger partial charge in [-0.05, 0) is 13.8 Å². The molecule has 0 saturated heterocycles. The van der Waals surface area contributed by atoms with Gasteiger partial charge < -0.3 is 0 Å². The van der Waals surface area contributed by atoms with Crippen molar-refractivity contribution < 1.29 is 0 Å². The second-order valence-electron chi connectivity index (χ2n) is 24.3. The fraction of sp³-hybridized carbons (Fsp3) is 0.169. The van der Waals surface area contributed by atoms with E-state index in [2.05, 4.69) is 275 Å². The van der Waals surface area contributed by atoms with Gasteiger partial charge in [0.25, 0.3) is 0 Å². The van der Waals surface area contributed by atoms with Crippen molar-refractivity contribution in [2.45, 2.75) is 71.6 Å². The summed E-state index contributed by atoms with van der Waals surface area (Å²) >= 11 is 0. The molecule has 4 aliphatic rings. The summed E-state index contributed by atoms with van der Waals surface area (Å²) in [6.45, 7) is 24.5. The van der Waals surface area contributed by atoms with Crippen molar-refractivity contribution in [3.63, 3.8) is 0 Å². The fourth-order valence-corrected chi connectivity index (χ4v) is 19.7. The second kappa shape index (κ2) is 15.8. The van der Waals surface area contributed by atoms with Crippen LogP contribution in [0.4, 0.5) is 51.2 Å². The van der Waals surface area contributed by atoms with E-state index in [9.17, 15) is 0 Å². The number of para-hydroxylation sites is 2. The van der Waals surface area contributed by atoms with Crippen LogP contribution >= 0.6 is 0 Å². The molecule has 0 unspecified atom stereocenters. The molecule has 0 saturated carbocycles. The average Bonchev–Trinajstić information content (AvgIpc) is 3.37. The van der Waals surface area contributed by atoms with E-state index in [0.29, 0.717) is 0 Å². The topological polar surface area (TPSA) is 9.72 Å². The summed E-state index contributed by atoms with van der Waals surface area (Å²) in [6, 6.07) is 76.4. The van der Waals surface area contributed by atoms with E-state index in [-0.39, 0.29) is 6.71 Å². The van der Waals surface area contributed by atoms with E-state index < -0.39 is 29.6 Å². The molecule has 0 radical (unpaired) electrons. The van der Waals surface area contributed by atoms with Gasteiger partial charge in [0.2, 0.25) is 0 Å². The first-order valence-corrected chi connectivity index (χ1v) is 37.5. The molecule has 0 N–H and O–H groups in total. The molecule has 0 aromatic heterocycles. The number of anilines is 9. The van der Waals surface area contributed by atoms with Crippen molar-refractivity contribution in [2.24, 2.45) is 0 Å². The van der Waals surface area contributed by atoms with E-state index in [1.807, 2.05) is 0 Å². The molecular formula is C65H64BN3Si3-2. The van der Waals surface area contributed by atoms with Crippen molar-refractivity contribution in [3.8, 4) is 0 Å². The number of aryl methyl sites for hydroxylation is 2. The summed E-state index contributed by atoms with van der Waals surface area (Å²) < 4.78 is 0. The van der Waals surface area contributed by atoms with E-state index >= 15 is 0 Å². The second-order valence-corrected chi connectivity index (χ2v) is 40.2. The van der Waals surface area contributed by atoms with Crippen LogP contribution < -0.4 is 51.8 Å². The first-order valence-electron chi connectivity index (χ1n) is 26.5. The Morgan fingerprint density at radius 2 is 1.03 bits per heavy atom. The molecule has 4 heterocycles. The van der Waals surface area contributed by atoms with Gasteiger partial charge in [-0.15, -0.1) is 0 Å². The van der Waals surface area contributed by atoms with Crippen LogP contribution in [-0.4, -0.2) is 30.9 Å². The molecule has 0 amide bonds. The maximum absolute atomic E-state index is 2.71. The SMILES string of the molecule is Cc1ccc(N(c2ccc(C)cc2)c2cc3c4c(c2)N2c5ccccc5C5(c6ccccc6[SiH-](C)(C)c6ccccc65)c5cccc(c52)B4c2cc([SiH-](C)(C)C)ccc2N3c2ccc([Si](C)(C)C)cc2)cc1. The normalized spacial score (nSPS) is 17.2. The van der Waals surface area contributed by atoms with Crippen molar-refractivity contribution in [1.82, 2.24) is 0 Å². The third-order valence-corrected chi connectivity index (χ3v) is 25.7.